The number of aromatic nitrogens is 1. The van der Waals surface area contributed by atoms with E-state index in [0.29, 0.717) is 0 Å². The topological polar surface area (TPSA) is 88.9 Å². The Balaban J connectivity index is 2.84. The molecule has 2 N–H and O–H groups in total. The van der Waals surface area contributed by atoms with E-state index in [1.807, 2.05) is 0 Å². The fraction of sp³-hybridized carbons (Fsp3) is 0.143. The van der Waals surface area contributed by atoms with E-state index in [0.717, 1.165) is 0 Å². The van der Waals surface area contributed by atoms with Gasteiger partial charge in [0.15, 0.2) is 0 Å². The van der Waals surface area contributed by atoms with Gasteiger partial charge in [0.05, 0.1) is 18.9 Å². The summed E-state index contributed by atoms with van der Waals surface area (Å²) in [5.74, 6) is -0.502. The van der Waals surface area contributed by atoms with Crippen molar-refractivity contribution in [3.63, 3.8) is 0 Å². The van der Waals surface area contributed by atoms with Crippen molar-refractivity contribution in [2.75, 3.05) is 7.11 Å². The van der Waals surface area contributed by atoms with Crippen molar-refractivity contribution in [3.8, 4) is 5.75 Å². The van der Waals surface area contributed by atoms with Crippen LogP contribution in [-0.2, 0) is 4.74 Å². The molecule has 0 aromatic carbocycles. The second-order valence-electron chi connectivity index (χ2n) is 2.35. The number of hydrogen-bond donors (Lipinski definition) is 2. The van der Waals surface area contributed by atoms with Crippen molar-refractivity contribution in [2.45, 2.75) is 0 Å². The zero-order chi connectivity index (χ0) is 10.6. The quantitative estimate of drug-likeness (QED) is 0.487. The number of esters is 1. The van der Waals surface area contributed by atoms with Crippen LogP contribution in [0.25, 0.3) is 0 Å². The van der Waals surface area contributed by atoms with E-state index in [4.69, 9.17) is 10.0 Å². The molecule has 6 nitrogen and oxygen atoms in total. The molecule has 7 heteroatoms. The van der Waals surface area contributed by atoms with Gasteiger partial charge in [-0.25, -0.2) is 4.79 Å². The van der Waals surface area contributed by atoms with E-state index in [1.165, 1.54) is 25.6 Å². The first kappa shape index (κ1) is 10.5. The summed E-state index contributed by atoms with van der Waals surface area (Å²) in [6.45, 7) is 0. The number of ether oxygens (including phenoxy) is 1. The Hall–Kier alpha value is -1.60. The molecule has 0 amide bonds. The highest BCUT2D eigenvalue weighted by Crippen LogP contribution is 2.11. The van der Waals surface area contributed by atoms with Gasteiger partial charge >= 0.3 is 13.3 Å². The van der Waals surface area contributed by atoms with Gasteiger partial charge in [0, 0.05) is 6.20 Å². The SMILES string of the molecule is COC(=O)c1cncc(OB(O)O)c1. The standard InChI is InChI=1S/C7H8BNO5/c1-13-7(10)5-2-6(4-9-3-5)14-8(11)12/h2-4,11-12H,1H3. The molecule has 1 aromatic rings. The van der Waals surface area contributed by atoms with E-state index in [2.05, 4.69) is 14.4 Å². The van der Waals surface area contributed by atoms with Crippen LogP contribution in [0.3, 0.4) is 0 Å². The van der Waals surface area contributed by atoms with Gasteiger partial charge in [-0.1, -0.05) is 0 Å². The molecule has 0 fully saturated rings. The summed E-state index contributed by atoms with van der Waals surface area (Å²) < 4.78 is 8.93. The molecule has 0 atom stereocenters. The third-order valence-corrected chi connectivity index (χ3v) is 1.38. The summed E-state index contributed by atoms with van der Waals surface area (Å²) in [5, 5.41) is 17.0. The highest BCUT2D eigenvalue weighted by molar-refractivity contribution is 6.33. The fourth-order valence-corrected chi connectivity index (χ4v) is 0.834. The van der Waals surface area contributed by atoms with E-state index < -0.39 is 13.3 Å². The predicted molar refractivity (Wildman–Crippen MR) is 46.4 cm³/mol. The number of rotatable bonds is 3. The Morgan fingerprint density at radius 3 is 2.79 bits per heavy atom. The Morgan fingerprint density at radius 1 is 1.50 bits per heavy atom. The van der Waals surface area contributed by atoms with Crippen LogP contribution in [-0.4, -0.2) is 35.4 Å². The normalized spacial score (nSPS) is 9.36. The van der Waals surface area contributed by atoms with Crippen LogP contribution < -0.4 is 4.65 Å². The van der Waals surface area contributed by atoms with Crippen LogP contribution in [0.2, 0.25) is 0 Å². The van der Waals surface area contributed by atoms with Crippen molar-refractivity contribution in [2.24, 2.45) is 0 Å². The van der Waals surface area contributed by atoms with Crippen LogP contribution in [0.5, 0.6) is 5.75 Å². The molecule has 1 heterocycles. The highest BCUT2D eigenvalue weighted by Gasteiger charge is 2.13. The smallest absolute Gasteiger partial charge is 0.511 e. The molecule has 0 aliphatic heterocycles. The molecule has 0 aliphatic carbocycles. The van der Waals surface area contributed by atoms with E-state index >= 15 is 0 Å². The number of carbonyl (C=O) groups is 1. The number of nitrogens with zero attached hydrogens (tertiary/aromatic N) is 1. The number of methoxy groups -OCH3 is 1. The van der Waals surface area contributed by atoms with E-state index in [9.17, 15) is 4.79 Å². The molecule has 0 unspecified atom stereocenters. The monoisotopic (exact) mass is 197 g/mol. The van der Waals surface area contributed by atoms with E-state index in [1.54, 1.807) is 0 Å². The average Bonchev–Trinajstić information content (AvgIpc) is 2.16. The third-order valence-electron chi connectivity index (χ3n) is 1.38. The maximum absolute atomic E-state index is 11.0. The summed E-state index contributed by atoms with van der Waals surface area (Å²) in [5.41, 5.74) is 0.172. The van der Waals surface area contributed by atoms with Crippen molar-refractivity contribution in [3.05, 3.63) is 24.0 Å². The Morgan fingerprint density at radius 2 is 2.21 bits per heavy atom. The van der Waals surface area contributed by atoms with Gasteiger partial charge in [-0.3, -0.25) is 4.98 Å². The lowest BCUT2D eigenvalue weighted by Crippen LogP contribution is -2.20. The molecule has 0 radical (unpaired) electrons. The van der Waals surface area contributed by atoms with Gasteiger partial charge < -0.3 is 19.4 Å². The third kappa shape index (κ3) is 2.72. The van der Waals surface area contributed by atoms with Gasteiger partial charge in [-0.05, 0) is 6.07 Å². The first-order chi connectivity index (χ1) is 6.63. The van der Waals surface area contributed by atoms with Crippen LogP contribution in [0.1, 0.15) is 10.4 Å². The molecule has 0 saturated heterocycles. The van der Waals surface area contributed by atoms with Gasteiger partial charge in [0.25, 0.3) is 0 Å². The molecule has 0 aliphatic rings. The predicted octanol–water partition coefficient (Wildman–Crippen LogP) is -0.784. The summed E-state index contributed by atoms with van der Waals surface area (Å²) in [4.78, 5) is 14.7. The largest absolute Gasteiger partial charge is 0.707 e. The zero-order valence-corrected chi connectivity index (χ0v) is 7.38. The molecule has 14 heavy (non-hydrogen) atoms. The van der Waals surface area contributed by atoms with Crippen LogP contribution >= 0.6 is 0 Å². The lowest BCUT2D eigenvalue weighted by molar-refractivity contribution is 0.0599. The molecule has 1 aromatic heterocycles. The highest BCUT2D eigenvalue weighted by atomic mass is 16.6. The Bertz CT molecular complexity index is 330. The molecule has 1 rings (SSSR count). The van der Waals surface area contributed by atoms with Gasteiger partial charge in [0.1, 0.15) is 5.75 Å². The molecular formula is C7H8BNO5. The van der Waals surface area contributed by atoms with Crippen LogP contribution in [0.4, 0.5) is 0 Å². The van der Waals surface area contributed by atoms with Crippen molar-refractivity contribution < 1.29 is 24.2 Å². The molecule has 0 spiro atoms. The maximum Gasteiger partial charge on any atom is 0.707 e. The molecule has 0 saturated carbocycles. The molecular weight excluding hydrogens is 189 g/mol. The van der Waals surface area contributed by atoms with Crippen molar-refractivity contribution in [1.82, 2.24) is 4.98 Å². The van der Waals surface area contributed by atoms with Crippen LogP contribution in [0, 0.1) is 0 Å². The average molecular weight is 197 g/mol. The second-order valence-corrected chi connectivity index (χ2v) is 2.35. The summed E-state index contributed by atoms with van der Waals surface area (Å²) in [7, 11) is -0.707. The summed E-state index contributed by atoms with van der Waals surface area (Å²) in [6.07, 6.45) is 2.52. The molecule has 0 bridgehead atoms. The Kier molecular flexibility index (Phi) is 3.44. The Labute approximate surface area is 80.3 Å². The molecule has 74 valence electrons. The number of pyridine rings is 1. The lowest BCUT2D eigenvalue weighted by Gasteiger charge is -2.04. The summed E-state index contributed by atoms with van der Waals surface area (Å²) in [6, 6.07) is 1.29. The fourth-order valence-electron chi connectivity index (χ4n) is 0.834. The van der Waals surface area contributed by atoms with Gasteiger partial charge in [-0.2, -0.15) is 0 Å². The zero-order valence-electron chi connectivity index (χ0n) is 7.38. The minimum atomic E-state index is -1.94. The van der Waals surface area contributed by atoms with Crippen LogP contribution in [0.15, 0.2) is 18.5 Å². The number of hydrogen-bond acceptors (Lipinski definition) is 6. The van der Waals surface area contributed by atoms with Gasteiger partial charge in [-0.15, -0.1) is 0 Å². The first-order valence-electron chi connectivity index (χ1n) is 3.69. The minimum Gasteiger partial charge on any atom is -0.511 e. The van der Waals surface area contributed by atoms with Crippen molar-refractivity contribution in [1.29, 1.82) is 0 Å². The van der Waals surface area contributed by atoms with Crippen molar-refractivity contribution >= 4 is 13.3 Å². The van der Waals surface area contributed by atoms with Gasteiger partial charge in [0.2, 0.25) is 0 Å². The second kappa shape index (κ2) is 4.59. The minimum absolute atomic E-state index is 0.0721. The number of carbonyl (C=O) groups excluding carboxylic acids is 1. The maximum atomic E-state index is 11.0. The first-order valence-corrected chi connectivity index (χ1v) is 3.69. The lowest BCUT2D eigenvalue weighted by atomic mass is 10.2. The summed E-state index contributed by atoms with van der Waals surface area (Å²) >= 11 is 0. The van der Waals surface area contributed by atoms with E-state index in [-0.39, 0.29) is 11.3 Å².